The molecular formula is C20H20FN3O3. The van der Waals surface area contributed by atoms with Crippen molar-refractivity contribution >= 4 is 17.5 Å². The van der Waals surface area contributed by atoms with Crippen LogP contribution in [0.5, 0.6) is 5.75 Å². The third-order valence-corrected chi connectivity index (χ3v) is 4.14. The Bertz CT molecular complexity index is 865. The van der Waals surface area contributed by atoms with Gasteiger partial charge in [-0.15, -0.1) is 0 Å². The molecule has 1 heterocycles. The molecule has 0 unspecified atom stereocenters. The van der Waals surface area contributed by atoms with Crippen LogP contribution in [0, 0.1) is 5.82 Å². The molecule has 0 fully saturated rings. The molecule has 1 aliphatic heterocycles. The number of carbonyl (C=O) groups excluding carboxylic acids is 2. The maximum absolute atomic E-state index is 13.2. The van der Waals surface area contributed by atoms with Crippen LogP contribution in [0.25, 0.3) is 0 Å². The average Bonchev–Trinajstić information content (AvgIpc) is 2.67. The van der Waals surface area contributed by atoms with Crippen molar-refractivity contribution in [2.75, 3.05) is 7.05 Å². The highest BCUT2D eigenvalue weighted by atomic mass is 19.1. The minimum atomic E-state index is -0.291. The van der Waals surface area contributed by atoms with Gasteiger partial charge in [-0.3, -0.25) is 9.59 Å². The molecule has 0 atom stereocenters. The van der Waals surface area contributed by atoms with E-state index in [1.54, 1.807) is 24.3 Å². The topological polar surface area (TPSA) is 71.0 Å². The first-order valence-electron chi connectivity index (χ1n) is 8.59. The maximum atomic E-state index is 13.2. The molecule has 0 aliphatic carbocycles. The first-order valence-corrected chi connectivity index (χ1v) is 8.59. The van der Waals surface area contributed by atoms with Gasteiger partial charge in [0, 0.05) is 26.4 Å². The van der Waals surface area contributed by atoms with Crippen LogP contribution < -0.4 is 10.1 Å². The highest BCUT2D eigenvalue weighted by molar-refractivity contribution is 6.39. The second kappa shape index (κ2) is 8.44. The number of rotatable bonds is 6. The van der Waals surface area contributed by atoms with Gasteiger partial charge in [0.25, 0.3) is 5.91 Å². The maximum Gasteiger partial charge on any atom is 0.267 e. The zero-order valence-corrected chi connectivity index (χ0v) is 14.9. The van der Waals surface area contributed by atoms with E-state index >= 15 is 0 Å². The lowest BCUT2D eigenvalue weighted by molar-refractivity contribution is -0.130. The average molecular weight is 369 g/mol. The minimum absolute atomic E-state index is 0.0969. The zero-order chi connectivity index (χ0) is 19.2. The van der Waals surface area contributed by atoms with Gasteiger partial charge in [-0.2, -0.15) is 5.10 Å². The Kier molecular flexibility index (Phi) is 5.80. The molecule has 2 aromatic carbocycles. The Morgan fingerprint density at radius 1 is 1.19 bits per heavy atom. The summed E-state index contributed by atoms with van der Waals surface area (Å²) in [5, 5.41) is 7.99. The molecule has 0 bridgehead atoms. The molecule has 0 saturated carbocycles. The quantitative estimate of drug-likeness (QED) is 0.851. The summed E-state index contributed by atoms with van der Waals surface area (Å²) >= 11 is 0. The summed E-state index contributed by atoms with van der Waals surface area (Å²) in [6, 6.07) is 13.6. The summed E-state index contributed by atoms with van der Waals surface area (Å²) in [5.74, 6) is -0.00684. The number of ether oxygens (including phenoxy) is 1. The second-order valence-electron chi connectivity index (χ2n) is 6.21. The number of carbonyl (C=O) groups is 2. The van der Waals surface area contributed by atoms with Crippen LogP contribution in [0.4, 0.5) is 4.39 Å². The number of hydrogen-bond donors (Lipinski definition) is 1. The highest BCUT2D eigenvalue weighted by Gasteiger charge is 2.21. The molecule has 1 aliphatic rings. The van der Waals surface area contributed by atoms with Crippen molar-refractivity contribution in [3.8, 4) is 5.75 Å². The standard InChI is InChI=1S/C20H20FN3O3/c1-24-19(25)10-9-18(23-24)20(26)22-12-14-5-7-17(8-6-14)27-13-15-3-2-4-16(21)11-15/h2-8,11H,9-10,12-13H2,1H3,(H,22,26). The smallest absolute Gasteiger partial charge is 0.267 e. The lowest BCUT2D eigenvalue weighted by Crippen LogP contribution is -2.37. The summed E-state index contributed by atoms with van der Waals surface area (Å²) in [4.78, 5) is 23.5. The van der Waals surface area contributed by atoms with Crippen LogP contribution in [0.1, 0.15) is 24.0 Å². The largest absolute Gasteiger partial charge is 0.489 e. The molecule has 0 saturated heterocycles. The van der Waals surface area contributed by atoms with Gasteiger partial charge in [0.1, 0.15) is 23.9 Å². The molecule has 0 spiro atoms. The van der Waals surface area contributed by atoms with Gasteiger partial charge >= 0.3 is 0 Å². The van der Waals surface area contributed by atoms with Crippen LogP contribution in [-0.4, -0.2) is 29.6 Å². The van der Waals surface area contributed by atoms with Crippen LogP contribution >= 0.6 is 0 Å². The Labute approximate surface area is 156 Å². The van der Waals surface area contributed by atoms with Crippen molar-refractivity contribution in [2.45, 2.75) is 26.0 Å². The normalized spacial score (nSPS) is 13.9. The Balaban J connectivity index is 1.50. The van der Waals surface area contributed by atoms with Gasteiger partial charge in [0.15, 0.2) is 0 Å². The number of benzene rings is 2. The lowest BCUT2D eigenvalue weighted by atomic mass is 10.1. The van der Waals surface area contributed by atoms with Gasteiger partial charge in [-0.25, -0.2) is 9.40 Å². The van der Waals surface area contributed by atoms with Crippen LogP contribution in [0.3, 0.4) is 0 Å². The van der Waals surface area contributed by atoms with Gasteiger partial charge in [-0.1, -0.05) is 24.3 Å². The summed E-state index contributed by atoms with van der Waals surface area (Å²) in [5.41, 5.74) is 2.01. The third kappa shape index (κ3) is 5.13. The molecule has 1 N–H and O–H groups in total. The second-order valence-corrected chi connectivity index (χ2v) is 6.21. The zero-order valence-electron chi connectivity index (χ0n) is 14.9. The van der Waals surface area contributed by atoms with Crippen molar-refractivity contribution in [3.63, 3.8) is 0 Å². The lowest BCUT2D eigenvalue weighted by Gasteiger charge is -2.18. The van der Waals surface area contributed by atoms with Crippen molar-refractivity contribution in [2.24, 2.45) is 5.10 Å². The van der Waals surface area contributed by atoms with E-state index in [2.05, 4.69) is 10.4 Å². The first kappa shape index (κ1) is 18.6. The van der Waals surface area contributed by atoms with E-state index in [-0.39, 0.29) is 24.2 Å². The fourth-order valence-electron chi connectivity index (χ4n) is 2.61. The highest BCUT2D eigenvalue weighted by Crippen LogP contribution is 2.15. The predicted molar refractivity (Wildman–Crippen MR) is 98.5 cm³/mol. The molecule has 2 aromatic rings. The molecule has 0 radical (unpaired) electrons. The van der Waals surface area contributed by atoms with Crippen molar-refractivity contribution in [3.05, 3.63) is 65.5 Å². The molecule has 7 heteroatoms. The van der Waals surface area contributed by atoms with Gasteiger partial charge in [0.2, 0.25) is 5.91 Å². The van der Waals surface area contributed by atoms with Crippen LogP contribution in [-0.2, 0) is 22.7 Å². The van der Waals surface area contributed by atoms with E-state index in [0.29, 0.717) is 30.8 Å². The number of amides is 2. The number of halogens is 1. The Morgan fingerprint density at radius 2 is 1.96 bits per heavy atom. The van der Waals surface area contributed by atoms with Gasteiger partial charge < -0.3 is 10.1 Å². The SMILES string of the molecule is CN1N=C(C(=O)NCc2ccc(OCc3cccc(F)c3)cc2)CCC1=O. The van der Waals surface area contributed by atoms with Crippen molar-refractivity contribution in [1.29, 1.82) is 0 Å². The fourth-order valence-corrected chi connectivity index (χ4v) is 2.61. The van der Waals surface area contributed by atoms with E-state index in [1.807, 2.05) is 12.1 Å². The number of hydrogen-bond acceptors (Lipinski definition) is 4. The van der Waals surface area contributed by atoms with Crippen molar-refractivity contribution < 1.29 is 18.7 Å². The molecule has 2 amide bonds. The van der Waals surface area contributed by atoms with Gasteiger partial charge in [-0.05, 0) is 35.4 Å². The van der Waals surface area contributed by atoms with E-state index in [1.165, 1.54) is 24.2 Å². The van der Waals surface area contributed by atoms with Crippen LogP contribution in [0.2, 0.25) is 0 Å². The molecule has 0 aromatic heterocycles. The number of nitrogens with one attached hydrogen (secondary N) is 1. The fraction of sp³-hybridized carbons (Fsp3) is 0.250. The summed E-state index contributed by atoms with van der Waals surface area (Å²) in [7, 11) is 1.54. The summed E-state index contributed by atoms with van der Waals surface area (Å²) in [6.45, 7) is 0.625. The minimum Gasteiger partial charge on any atom is -0.489 e. The van der Waals surface area contributed by atoms with E-state index in [4.69, 9.17) is 4.74 Å². The van der Waals surface area contributed by atoms with Crippen LogP contribution in [0.15, 0.2) is 53.6 Å². The summed E-state index contributed by atoms with van der Waals surface area (Å²) in [6.07, 6.45) is 0.641. The van der Waals surface area contributed by atoms with Crippen molar-refractivity contribution in [1.82, 2.24) is 10.3 Å². The van der Waals surface area contributed by atoms with Gasteiger partial charge in [0.05, 0.1) is 0 Å². The Morgan fingerprint density at radius 3 is 2.67 bits per heavy atom. The molecule has 27 heavy (non-hydrogen) atoms. The van der Waals surface area contributed by atoms with E-state index < -0.39 is 0 Å². The Hall–Kier alpha value is -3.22. The number of hydrazone groups is 1. The molecular weight excluding hydrogens is 349 g/mol. The molecule has 3 rings (SSSR count). The summed E-state index contributed by atoms with van der Waals surface area (Å²) < 4.78 is 18.8. The number of nitrogens with zero attached hydrogens (tertiary/aromatic N) is 2. The van der Waals surface area contributed by atoms with E-state index in [9.17, 15) is 14.0 Å². The van der Waals surface area contributed by atoms with E-state index in [0.717, 1.165) is 11.1 Å². The predicted octanol–water partition coefficient (Wildman–Crippen LogP) is 2.63. The first-order chi connectivity index (χ1) is 13.0. The molecule has 6 nitrogen and oxygen atoms in total. The monoisotopic (exact) mass is 369 g/mol. The third-order valence-electron chi connectivity index (χ3n) is 4.14. The molecule has 140 valence electrons.